The molecule has 2 aliphatic rings. The molecule has 478 valence electrons. The van der Waals surface area contributed by atoms with Crippen LogP contribution in [0.1, 0.15) is 63.8 Å². The first kappa shape index (κ1) is 60.6. The molecule has 2 heteroatoms. The Morgan fingerprint density at radius 1 is 0.200 bits per heavy atom. The number of nitrogens with zero attached hydrogens (tertiary/aromatic N) is 2. The van der Waals surface area contributed by atoms with Crippen molar-refractivity contribution in [2.45, 2.75) is 52.4 Å². The van der Waals surface area contributed by atoms with E-state index in [1.165, 1.54) is 132 Å². The van der Waals surface area contributed by atoms with Gasteiger partial charge in [0.25, 0.3) is 0 Å². The Hall–Kier alpha value is -11.8. The number of benzene rings is 16. The Morgan fingerprint density at radius 3 is 0.710 bits per heavy atom. The van der Waals surface area contributed by atoms with E-state index in [-0.39, 0.29) is 0 Å². The molecule has 0 heterocycles. The molecule has 0 saturated carbocycles. The third-order valence-electron chi connectivity index (χ3n) is 22.2. The standard InChI is InChI=1S/C98H76N2/c1-95(2,3)97(85-61-51-73-35-19-21-37-79(73)91(85)93-83-41-25-23-39-81(83)89(63-87(93)97)99(75-53-43-69(44-54-75)65-27-11-7-12-28-65)76-55-45-70(46-56-76)66-29-13-8-14-30-66)98(96(4,5)6)86-62-52-74-36-20-22-38-80(74)92(86)94-84-42-26-24-40-82(84)90(64-88(94)98)100(77-57-47-71(48-58-77)67-31-15-9-16-32-67)78-59-49-72(50-60-78)68-33-17-10-18-34-68/h7-64H,1-6H3. The van der Waals surface area contributed by atoms with Crippen LogP contribution in [-0.4, -0.2) is 0 Å². The molecular formula is C98H76N2. The van der Waals surface area contributed by atoms with Gasteiger partial charge in [-0.2, -0.15) is 0 Å². The zero-order chi connectivity index (χ0) is 67.5. The Kier molecular flexibility index (Phi) is 14.2. The third kappa shape index (κ3) is 9.16. The van der Waals surface area contributed by atoms with E-state index in [0.29, 0.717) is 0 Å². The number of hydrogen-bond donors (Lipinski definition) is 0. The zero-order valence-corrected chi connectivity index (χ0v) is 57.4. The van der Waals surface area contributed by atoms with Gasteiger partial charge in [0.15, 0.2) is 0 Å². The maximum absolute atomic E-state index is 2.69. The van der Waals surface area contributed by atoms with Crippen molar-refractivity contribution in [1.82, 2.24) is 0 Å². The van der Waals surface area contributed by atoms with E-state index in [4.69, 9.17) is 0 Å². The van der Waals surface area contributed by atoms with Crippen LogP contribution in [0.3, 0.4) is 0 Å². The highest BCUT2D eigenvalue weighted by Gasteiger charge is 2.71. The van der Waals surface area contributed by atoms with Crippen molar-refractivity contribution >= 4 is 77.2 Å². The first-order chi connectivity index (χ1) is 48.9. The van der Waals surface area contributed by atoms with Crippen molar-refractivity contribution in [1.29, 1.82) is 0 Å². The van der Waals surface area contributed by atoms with Crippen molar-refractivity contribution in [3.8, 4) is 66.8 Å². The minimum Gasteiger partial charge on any atom is -0.310 e. The summed E-state index contributed by atoms with van der Waals surface area (Å²) in [4.78, 5) is 5.12. The van der Waals surface area contributed by atoms with Crippen molar-refractivity contribution in [2.24, 2.45) is 10.8 Å². The summed E-state index contributed by atoms with van der Waals surface area (Å²) in [5.74, 6) is 0. The van der Waals surface area contributed by atoms with Crippen LogP contribution in [0.2, 0.25) is 0 Å². The van der Waals surface area contributed by atoms with Crippen LogP contribution in [0.25, 0.3) is 110 Å². The lowest BCUT2D eigenvalue weighted by Crippen LogP contribution is -2.62. The molecule has 0 amide bonds. The monoisotopic (exact) mass is 1280 g/mol. The molecule has 2 aliphatic carbocycles. The molecule has 0 aromatic heterocycles. The molecule has 16 aromatic rings. The molecule has 2 nitrogen and oxygen atoms in total. The highest BCUT2D eigenvalue weighted by Crippen LogP contribution is 2.77. The summed E-state index contributed by atoms with van der Waals surface area (Å²) in [6.45, 7) is 15.4. The normalized spacial score (nSPS) is 15.4. The molecule has 0 spiro atoms. The van der Waals surface area contributed by atoms with Crippen LogP contribution < -0.4 is 9.80 Å². The SMILES string of the molecule is CC(C)(C)C1(C2(C(C)(C)C)c3ccc4ccccc4c3-c3c2cc(N(c2ccc(-c4ccccc4)cc2)c2ccc(-c4ccccc4)cc2)c2ccccc32)c2ccc3ccccc3c2-c2c1cc(N(c1ccc(-c3ccccc3)cc1)c1ccc(-c3ccccc3)cc1)c1ccccc21. The smallest absolute Gasteiger partial charge is 0.0543 e. The van der Waals surface area contributed by atoms with Crippen LogP contribution in [0.5, 0.6) is 0 Å². The summed E-state index contributed by atoms with van der Waals surface area (Å²) >= 11 is 0. The van der Waals surface area contributed by atoms with Gasteiger partial charge in [0.05, 0.1) is 11.4 Å². The van der Waals surface area contributed by atoms with Gasteiger partial charge in [-0.3, -0.25) is 0 Å². The number of rotatable bonds is 11. The van der Waals surface area contributed by atoms with E-state index in [1.807, 2.05) is 0 Å². The Balaban J connectivity index is 0.988. The minimum atomic E-state index is -0.826. The molecule has 0 radical (unpaired) electrons. The fourth-order valence-corrected chi connectivity index (χ4v) is 18.3. The maximum Gasteiger partial charge on any atom is 0.0543 e. The van der Waals surface area contributed by atoms with E-state index < -0.39 is 21.7 Å². The molecular weight excluding hydrogens is 1210 g/mol. The lowest BCUT2D eigenvalue weighted by atomic mass is 9.39. The molecule has 0 fully saturated rings. The summed E-state index contributed by atoms with van der Waals surface area (Å²) in [7, 11) is 0. The van der Waals surface area contributed by atoms with Gasteiger partial charge in [0, 0.05) is 44.4 Å². The van der Waals surface area contributed by atoms with Crippen molar-refractivity contribution in [3.63, 3.8) is 0 Å². The molecule has 2 atom stereocenters. The summed E-state index contributed by atoms with van der Waals surface area (Å²) in [6, 6.07) is 133. The second kappa shape index (κ2) is 23.4. The summed E-state index contributed by atoms with van der Waals surface area (Å²) in [6.07, 6.45) is 0. The lowest BCUT2D eigenvalue weighted by Gasteiger charge is -2.62. The Labute approximate surface area is 587 Å². The van der Waals surface area contributed by atoms with Crippen LogP contribution in [0.15, 0.2) is 352 Å². The zero-order valence-electron chi connectivity index (χ0n) is 57.4. The van der Waals surface area contributed by atoms with E-state index >= 15 is 0 Å². The highest BCUT2D eigenvalue weighted by molar-refractivity contribution is 6.19. The highest BCUT2D eigenvalue weighted by atomic mass is 15.2. The minimum absolute atomic E-state index is 0.515. The van der Waals surface area contributed by atoms with Crippen LogP contribution in [0, 0.1) is 10.8 Å². The predicted octanol–water partition coefficient (Wildman–Crippen LogP) is 27.2. The summed E-state index contributed by atoms with van der Waals surface area (Å²) in [5.41, 5.74) is 24.0. The van der Waals surface area contributed by atoms with E-state index in [0.717, 1.165) is 34.1 Å². The topological polar surface area (TPSA) is 6.48 Å². The molecule has 18 rings (SSSR count). The summed E-state index contributed by atoms with van der Waals surface area (Å²) in [5, 5.41) is 9.82. The molecule has 2 unspecified atom stereocenters. The van der Waals surface area contributed by atoms with E-state index in [2.05, 4.69) is 403 Å². The van der Waals surface area contributed by atoms with Gasteiger partial charge in [-0.25, -0.2) is 0 Å². The van der Waals surface area contributed by atoms with Crippen LogP contribution in [-0.2, 0) is 10.8 Å². The number of fused-ring (bicyclic) bond motifs is 14. The van der Waals surface area contributed by atoms with Gasteiger partial charge >= 0.3 is 0 Å². The molecule has 0 N–H and O–H groups in total. The van der Waals surface area contributed by atoms with Gasteiger partial charge in [-0.15, -0.1) is 0 Å². The Bertz CT molecular complexity index is 5280. The average molecular weight is 1280 g/mol. The molecule has 0 aliphatic heterocycles. The quantitative estimate of drug-likeness (QED) is 0.127. The number of anilines is 6. The molecule has 100 heavy (non-hydrogen) atoms. The molecule has 0 bridgehead atoms. The van der Waals surface area contributed by atoms with Crippen molar-refractivity contribution in [3.05, 3.63) is 374 Å². The lowest BCUT2D eigenvalue weighted by molar-refractivity contribution is 0.0596. The molecule has 0 saturated heterocycles. The van der Waals surface area contributed by atoms with Gasteiger partial charge in [0.1, 0.15) is 0 Å². The van der Waals surface area contributed by atoms with Crippen molar-refractivity contribution < 1.29 is 0 Å². The maximum atomic E-state index is 2.69. The van der Waals surface area contributed by atoms with Gasteiger partial charge < -0.3 is 9.80 Å². The van der Waals surface area contributed by atoms with E-state index in [1.54, 1.807) is 0 Å². The first-order valence-electron chi connectivity index (χ1n) is 35.3. The summed E-state index contributed by atoms with van der Waals surface area (Å²) < 4.78 is 0. The second-order valence-corrected chi connectivity index (χ2v) is 29.5. The number of hydrogen-bond acceptors (Lipinski definition) is 2. The fourth-order valence-electron chi connectivity index (χ4n) is 18.3. The second-order valence-electron chi connectivity index (χ2n) is 29.5. The van der Waals surface area contributed by atoms with E-state index in [9.17, 15) is 0 Å². The molecule has 16 aromatic carbocycles. The predicted molar refractivity (Wildman–Crippen MR) is 425 cm³/mol. The largest absolute Gasteiger partial charge is 0.310 e. The third-order valence-corrected chi connectivity index (χ3v) is 22.2. The van der Waals surface area contributed by atoms with Crippen LogP contribution >= 0.6 is 0 Å². The van der Waals surface area contributed by atoms with Gasteiger partial charge in [0.2, 0.25) is 0 Å². The fraction of sp³-hybridized carbons (Fsp3) is 0.102. The van der Waals surface area contributed by atoms with Crippen LogP contribution in [0.4, 0.5) is 34.1 Å². The average Bonchev–Trinajstić information content (AvgIpc) is 1.42. The first-order valence-corrected chi connectivity index (χ1v) is 35.3. The van der Waals surface area contributed by atoms with Gasteiger partial charge in [-0.05, 0) is 193 Å². The van der Waals surface area contributed by atoms with Crippen molar-refractivity contribution in [2.75, 3.05) is 9.80 Å². The Morgan fingerprint density at radius 2 is 0.430 bits per heavy atom. The van der Waals surface area contributed by atoms with Gasteiger partial charge in [-0.1, -0.05) is 333 Å².